The number of Topliss-reactive ketones (excluding diaryl/α,β-unsaturated/α-hetero) is 1. The number of benzene rings is 1. The average Bonchev–Trinajstić information content (AvgIpc) is 2.52. The van der Waals surface area contributed by atoms with Crippen molar-refractivity contribution in [2.75, 3.05) is 11.4 Å². The molecule has 1 aromatic rings. The molecule has 0 saturated carbocycles. The number of nitrogens with zero attached hydrogens (tertiary/aromatic N) is 1. The molecular weight excluding hydrogens is 202 g/mol. The molecule has 0 aliphatic carbocycles. The van der Waals surface area contributed by atoms with E-state index >= 15 is 0 Å². The molecule has 16 heavy (non-hydrogen) atoms. The summed E-state index contributed by atoms with van der Waals surface area (Å²) in [4.78, 5) is 25.0. The average molecular weight is 215 g/mol. The quantitative estimate of drug-likeness (QED) is 0.572. The second kappa shape index (κ2) is 3.93. The first-order chi connectivity index (χ1) is 7.66. The zero-order valence-electron chi connectivity index (χ0n) is 9.19. The van der Waals surface area contributed by atoms with Gasteiger partial charge in [-0.05, 0) is 25.0 Å². The Morgan fingerprint density at radius 3 is 2.81 bits per heavy atom. The van der Waals surface area contributed by atoms with Crippen LogP contribution < -0.4 is 4.90 Å². The number of hydrogen-bond acceptors (Lipinski definition) is 2. The van der Waals surface area contributed by atoms with Crippen LogP contribution in [0.2, 0.25) is 0 Å². The van der Waals surface area contributed by atoms with Crippen LogP contribution in [0.4, 0.5) is 5.69 Å². The highest BCUT2D eigenvalue weighted by Crippen LogP contribution is 2.32. The predicted molar refractivity (Wildman–Crippen MR) is 62.7 cm³/mol. The molecular formula is C13H13NO2. The second-order valence-corrected chi connectivity index (χ2v) is 3.83. The number of carbonyl (C=O) groups is 2. The summed E-state index contributed by atoms with van der Waals surface area (Å²) in [6, 6.07) is 5.42. The summed E-state index contributed by atoms with van der Waals surface area (Å²) in [7, 11) is 0. The summed E-state index contributed by atoms with van der Waals surface area (Å²) >= 11 is 0. The molecule has 1 aliphatic rings. The molecule has 0 radical (unpaired) electrons. The van der Waals surface area contributed by atoms with Crippen LogP contribution in [-0.2, 0) is 4.79 Å². The van der Waals surface area contributed by atoms with Crippen LogP contribution in [0.1, 0.15) is 22.3 Å². The number of carbonyl (C=O) groups excluding carboxylic acids is 2. The summed E-state index contributed by atoms with van der Waals surface area (Å²) in [5, 5.41) is 0. The molecule has 2 rings (SSSR count). The van der Waals surface area contributed by atoms with Crippen molar-refractivity contribution in [3.63, 3.8) is 0 Å². The largest absolute Gasteiger partial charge is 0.304 e. The molecule has 0 saturated heterocycles. The van der Waals surface area contributed by atoms with E-state index in [4.69, 9.17) is 0 Å². The van der Waals surface area contributed by atoms with E-state index in [-0.39, 0.29) is 0 Å². The Morgan fingerprint density at radius 1 is 1.38 bits per heavy atom. The van der Waals surface area contributed by atoms with E-state index in [0.29, 0.717) is 18.5 Å². The van der Waals surface area contributed by atoms with Crippen molar-refractivity contribution in [3.05, 3.63) is 42.0 Å². The molecule has 1 aromatic carbocycles. The first-order valence-corrected chi connectivity index (χ1v) is 5.23. The fraction of sp³-hybridized carbons (Fsp3) is 0.231. The van der Waals surface area contributed by atoms with Crippen LogP contribution in [0.25, 0.3) is 0 Å². The lowest BCUT2D eigenvalue weighted by Crippen LogP contribution is -2.30. The highest BCUT2D eigenvalue weighted by Gasteiger charge is 2.35. The van der Waals surface area contributed by atoms with Gasteiger partial charge in [-0.25, -0.2) is 0 Å². The van der Waals surface area contributed by atoms with Crippen LogP contribution >= 0.6 is 0 Å². The monoisotopic (exact) mass is 215 g/mol. The van der Waals surface area contributed by atoms with Gasteiger partial charge in [-0.15, -0.1) is 6.58 Å². The van der Waals surface area contributed by atoms with E-state index in [0.717, 1.165) is 11.3 Å². The first-order valence-electron chi connectivity index (χ1n) is 5.23. The van der Waals surface area contributed by atoms with Gasteiger partial charge in [0.05, 0.1) is 11.3 Å². The summed E-state index contributed by atoms with van der Waals surface area (Å²) in [6.07, 6.45) is 2.43. The fourth-order valence-corrected chi connectivity index (χ4v) is 1.97. The smallest absolute Gasteiger partial charge is 0.299 e. The van der Waals surface area contributed by atoms with Crippen molar-refractivity contribution in [1.29, 1.82) is 0 Å². The van der Waals surface area contributed by atoms with Crippen LogP contribution in [-0.4, -0.2) is 18.2 Å². The molecule has 82 valence electrons. The molecule has 0 bridgehead atoms. The molecule has 0 unspecified atom stereocenters. The number of ketones is 1. The van der Waals surface area contributed by atoms with E-state index in [2.05, 4.69) is 6.58 Å². The van der Waals surface area contributed by atoms with Gasteiger partial charge in [0, 0.05) is 6.54 Å². The molecule has 1 heterocycles. The predicted octanol–water partition coefficient (Wildman–Crippen LogP) is 2.10. The molecule has 3 nitrogen and oxygen atoms in total. The molecule has 3 heteroatoms. The Bertz CT molecular complexity index is 477. The third-order valence-corrected chi connectivity index (χ3v) is 2.75. The maximum Gasteiger partial charge on any atom is 0.299 e. The van der Waals surface area contributed by atoms with Crippen molar-refractivity contribution < 1.29 is 9.59 Å². The Labute approximate surface area is 94.4 Å². The van der Waals surface area contributed by atoms with Gasteiger partial charge in [0.2, 0.25) is 0 Å². The lowest BCUT2D eigenvalue weighted by molar-refractivity contribution is -0.114. The molecule has 1 aliphatic heterocycles. The summed E-state index contributed by atoms with van der Waals surface area (Å²) < 4.78 is 0. The van der Waals surface area contributed by atoms with Gasteiger partial charge in [-0.1, -0.05) is 18.2 Å². The Hall–Kier alpha value is -1.90. The second-order valence-electron chi connectivity index (χ2n) is 3.83. The molecule has 0 atom stereocenters. The summed E-state index contributed by atoms with van der Waals surface area (Å²) in [5.74, 6) is -0.825. The van der Waals surface area contributed by atoms with E-state index in [1.54, 1.807) is 23.1 Å². The maximum atomic E-state index is 11.8. The van der Waals surface area contributed by atoms with E-state index in [1.165, 1.54) is 0 Å². The maximum absolute atomic E-state index is 11.8. The highest BCUT2D eigenvalue weighted by molar-refractivity contribution is 6.52. The standard InChI is InChI=1S/C13H13NO2/c1-3-4-8-14-11-9(2)6-5-7-10(11)12(15)13(14)16/h3,5-7H,1,4,8H2,2H3. The number of rotatable bonds is 3. The van der Waals surface area contributed by atoms with Gasteiger partial charge in [-0.2, -0.15) is 0 Å². The fourth-order valence-electron chi connectivity index (χ4n) is 1.97. The molecule has 1 amide bonds. The number of anilines is 1. The van der Waals surface area contributed by atoms with Crippen molar-refractivity contribution in [2.24, 2.45) is 0 Å². The lowest BCUT2D eigenvalue weighted by Gasteiger charge is -2.17. The molecule has 0 N–H and O–H groups in total. The van der Waals surface area contributed by atoms with Gasteiger partial charge in [0.15, 0.2) is 0 Å². The lowest BCUT2D eigenvalue weighted by atomic mass is 10.1. The van der Waals surface area contributed by atoms with Gasteiger partial charge < -0.3 is 4.90 Å². The third kappa shape index (κ3) is 1.45. The molecule has 0 fully saturated rings. The molecule has 0 aromatic heterocycles. The topological polar surface area (TPSA) is 37.4 Å². The van der Waals surface area contributed by atoms with E-state index in [9.17, 15) is 9.59 Å². The van der Waals surface area contributed by atoms with Crippen LogP contribution in [0, 0.1) is 6.92 Å². The van der Waals surface area contributed by atoms with Crippen LogP contribution in [0.15, 0.2) is 30.9 Å². The zero-order chi connectivity index (χ0) is 11.7. The Morgan fingerprint density at radius 2 is 2.12 bits per heavy atom. The minimum Gasteiger partial charge on any atom is -0.304 e. The number of hydrogen-bond donors (Lipinski definition) is 0. The van der Waals surface area contributed by atoms with Crippen LogP contribution in [0.3, 0.4) is 0 Å². The summed E-state index contributed by atoms with van der Waals surface area (Å²) in [5.41, 5.74) is 2.24. The normalized spacial score (nSPS) is 14.2. The van der Waals surface area contributed by atoms with Crippen molar-refractivity contribution in [2.45, 2.75) is 13.3 Å². The Balaban J connectivity index is 2.47. The number of aryl methyl sites for hydroxylation is 1. The first kappa shape index (κ1) is 10.6. The van der Waals surface area contributed by atoms with E-state index in [1.807, 2.05) is 13.0 Å². The van der Waals surface area contributed by atoms with Gasteiger partial charge in [0.25, 0.3) is 11.7 Å². The summed E-state index contributed by atoms with van der Waals surface area (Å²) in [6.45, 7) is 6.05. The van der Waals surface area contributed by atoms with Crippen molar-refractivity contribution >= 4 is 17.4 Å². The Kier molecular flexibility index (Phi) is 2.60. The minimum absolute atomic E-state index is 0.400. The van der Waals surface area contributed by atoms with E-state index < -0.39 is 11.7 Å². The zero-order valence-corrected chi connectivity index (χ0v) is 9.19. The number of para-hydroxylation sites is 1. The number of amides is 1. The van der Waals surface area contributed by atoms with Crippen molar-refractivity contribution in [3.8, 4) is 0 Å². The number of fused-ring (bicyclic) bond motifs is 1. The SMILES string of the molecule is C=CCCN1C(=O)C(=O)c2cccc(C)c21. The van der Waals surface area contributed by atoms with Crippen LogP contribution in [0.5, 0.6) is 0 Å². The molecule has 0 spiro atoms. The minimum atomic E-state index is -0.425. The van der Waals surface area contributed by atoms with Gasteiger partial charge >= 0.3 is 0 Å². The highest BCUT2D eigenvalue weighted by atomic mass is 16.2. The van der Waals surface area contributed by atoms with Crippen molar-refractivity contribution in [1.82, 2.24) is 0 Å². The third-order valence-electron chi connectivity index (χ3n) is 2.75. The van der Waals surface area contributed by atoms with Gasteiger partial charge in [-0.3, -0.25) is 9.59 Å². The van der Waals surface area contributed by atoms with Gasteiger partial charge in [0.1, 0.15) is 0 Å².